The number of furan rings is 1. The van der Waals surface area contributed by atoms with Crippen molar-refractivity contribution in [3.8, 4) is 22.3 Å². The van der Waals surface area contributed by atoms with Crippen molar-refractivity contribution in [2.45, 2.75) is 26.1 Å². The minimum absolute atomic E-state index is 0.0971. The van der Waals surface area contributed by atoms with Crippen molar-refractivity contribution in [3.05, 3.63) is 192 Å². The summed E-state index contributed by atoms with van der Waals surface area (Å²) < 4.78 is 6.80. The molecule has 0 fully saturated rings. The van der Waals surface area contributed by atoms with Gasteiger partial charge < -0.3 is 9.73 Å². The van der Waals surface area contributed by atoms with Crippen LogP contribution in [0.1, 0.15) is 46.9 Å². The van der Waals surface area contributed by atoms with E-state index in [1.165, 1.54) is 49.7 Å². The van der Waals surface area contributed by atoms with Gasteiger partial charge in [-0.05, 0) is 105 Å². The standard InChI is InChI=1S/C48H38N2O/c1-3-15-35-27-42-45(26-31(35)2)51-46-29-36(38-25-24-37(32-16-7-4-8-17-32)39-22-13-14-23-40(38)39)28-41(47(42)46)44-30-43(33-18-9-5-10-19-33)49-48(50-44)34-20-11-6-12-21-34/h3-30,44,48-50H,1-2H3/b15-3-. The molecule has 1 aliphatic heterocycles. The van der Waals surface area contributed by atoms with E-state index in [4.69, 9.17) is 4.42 Å². The molecule has 0 radical (unpaired) electrons. The van der Waals surface area contributed by atoms with Gasteiger partial charge in [0.15, 0.2) is 0 Å². The van der Waals surface area contributed by atoms with Crippen molar-refractivity contribution >= 4 is 44.5 Å². The third-order valence-electron chi connectivity index (χ3n) is 10.2. The summed E-state index contributed by atoms with van der Waals surface area (Å²) in [6.07, 6.45) is 6.53. The number of allylic oxidation sites excluding steroid dienone is 1. The monoisotopic (exact) mass is 658 g/mol. The van der Waals surface area contributed by atoms with Crippen LogP contribution in [0.5, 0.6) is 0 Å². The first-order chi connectivity index (χ1) is 25.1. The minimum Gasteiger partial charge on any atom is -0.456 e. The van der Waals surface area contributed by atoms with Crippen molar-refractivity contribution in [1.29, 1.82) is 0 Å². The molecule has 51 heavy (non-hydrogen) atoms. The Kier molecular flexibility index (Phi) is 7.83. The van der Waals surface area contributed by atoms with Crippen LogP contribution in [0.4, 0.5) is 0 Å². The zero-order chi connectivity index (χ0) is 34.3. The molecule has 246 valence electrons. The predicted molar refractivity (Wildman–Crippen MR) is 214 cm³/mol. The molecule has 2 heterocycles. The molecule has 1 aromatic heterocycles. The molecule has 2 unspecified atom stereocenters. The minimum atomic E-state index is -0.115. The summed E-state index contributed by atoms with van der Waals surface area (Å²) in [6.45, 7) is 4.23. The van der Waals surface area contributed by atoms with E-state index in [9.17, 15) is 0 Å². The Morgan fingerprint density at radius 3 is 1.90 bits per heavy atom. The Morgan fingerprint density at radius 2 is 1.22 bits per heavy atom. The second kappa shape index (κ2) is 12.9. The van der Waals surface area contributed by atoms with Crippen molar-refractivity contribution in [2.75, 3.05) is 0 Å². The van der Waals surface area contributed by atoms with E-state index in [2.05, 4.69) is 194 Å². The number of aryl methyl sites for hydroxylation is 1. The number of hydrogen-bond donors (Lipinski definition) is 2. The summed E-state index contributed by atoms with van der Waals surface area (Å²) >= 11 is 0. The molecule has 0 saturated carbocycles. The molecule has 0 amide bonds. The van der Waals surface area contributed by atoms with Gasteiger partial charge in [-0.15, -0.1) is 0 Å². The van der Waals surface area contributed by atoms with E-state index in [0.717, 1.165) is 38.8 Å². The first kappa shape index (κ1) is 30.9. The van der Waals surface area contributed by atoms with Gasteiger partial charge >= 0.3 is 0 Å². The molecule has 0 saturated heterocycles. The number of benzene rings is 7. The van der Waals surface area contributed by atoms with Crippen molar-refractivity contribution in [2.24, 2.45) is 0 Å². The summed E-state index contributed by atoms with van der Waals surface area (Å²) in [6, 6.07) is 54.2. The number of nitrogens with one attached hydrogen (secondary N) is 2. The van der Waals surface area contributed by atoms with Gasteiger partial charge in [-0.2, -0.15) is 0 Å². The Morgan fingerprint density at radius 1 is 0.588 bits per heavy atom. The molecule has 3 heteroatoms. The van der Waals surface area contributed by atoms with Crippen LogP contribution >= 0.6 is 0 Å². The lowest BCUT2D eigenvalue weighted by Gasteiger charge is -2.33. The Balaban J connectivity index is 1.31. The largest absolute Gasteiger partial charge is 0.456 e. The van der Waals surface area contributed by atoms with Crippen LogP contribution in [0.3, 0.4) is 0 Å². The molecule has 2 atom stereocenters. The highest BCUT2D eigenvalue weighted by Crippen LogP contribution is 2.43. The number of fused-ring (bicyclic) bond motifs is 4. The summed E-state index contributed by atoms with van der Waals surface area (Å²) in [4.78, 5) is 0. The van der Waals surface area contributed by atoms with Crippen LogP contribution in [-0.4, -0.2) is 0 Å². The highest BCUT2D eigenvalue weighted by atomic mass is 16.3. The third-order valence-corrected chi connectivity index (χ3v) is 10.2. The first-order valence-electron chi connectivity index (χ1n) is 17.7. The average Bonchev–Trinajstić information content (AvgIpc) is 3.55. The molecule has 3 nitrogen and oxygen atoms in total. The van der Waals surface area contributed by atoms with Crippen LogP contribution in [0.25, 0.3) is 66.7 Å². The van der Waals surface area contributed by atoms with Crippen molar-refractivity contribution in [3.63, 3.8) is 0 Å². The molecule has 2 N–H and O–H groups in total. The molecule has 7 aromatic carbocycles. The molecule has 9 rings (SSSR count). The van der Waals surface area contributed by atoms with Gasteiger partial charge in [0, 0.05) is 16.5 Å². The number of rotatable bonds is 6. The Bertz CT molecular complexity index is 2600. The van der Waals surface area contributed by atoms with Crippen LogP contribution in [0, 0.1) is 6.92 Å². The van der Waals surface area contributed by atoms with Gasteiger partial charge in [0.1, 0.15) is 17.3 Å². The first-order valence-corrected chi connectivity index (χ1v) is 17.7. The number of hydrogen-bond acceptors (Lipinski definition) is 3. The van der Waals surface area contributed by atoms with E-state index in [1.807, 2.05) is 0 Å². The van der Waals surface area contributed by atoms with Crippen molar-refractivity contribution in [1.82, 2.24) is 10.6 Å². The zero-order valence-electron chi connectivity index (χ0n) is 28.7. The van der Waals surface area contributed by atoms with E-state index < -0.39 is 0 Å². The topological polar surface area (TPSA) is 37.2 Å². The van der Waals surface area contributed by atoms with Gasteiger partial charge in [0.2, 0.25) is 0 Å². The summed E-state index contributed by atoms with van der Waals surface area (Å²) in [5, 5.41) is 12.5. The predicted octanol–water partition coefficient (Wildman–Crippen LogP) is 12.4. The third kappa shape index (κ3) is 5.62. The van der Waals surface area contributed by atoms with Crippen LogP contribution < -0.4 is 10.6 Å². The van der Waals surface area contributed by atoms with Gasteiger partial charge in [-0.3, -0.25) is 5.32 Å². The Hall–Kier alpha value is -6.16. The fraction of sp³-hybridized carbons (Fsp3) is 0.0833. The van der Waals surface area contributed by atoms with Gasteiger partial charge in [-0.1, -0.05) is 140 Å². The molecular weight excluding hydrogens is 621 g/mol. The molecule has 0 aliphatic carbocycles. The highest BCUT2D eigenvalue weighted by molar-refractivity contribution is 6.11. The lowest BCUT2D eigenvalue weighted by molar-refractivity contribution is 0.444. The van der Waals surface area contributed by atoms with Gasteiger partial charge in [-0.25, -0.2) is 0 Å². The maximum Gasteiger partial charge on any atom is 0.136 e. The second-order valence-corrected chi connectivity index (χ2v) is 13.4. The highest BCUT2D eigenvalue weighted by Gasteiger charge is 2.28. The smallest absolute Gasteiger partial charge is 0.136 e. The average molecular weight is 659 g/mol. The van der Waals surface area contributed by atoms with E-state index in [1.54, 1.807) is 0 Å². The van der Waals surface area contributed by atoms with Gasteiger partial charge in [0.05, 0.1) is 6.04 Å². The maximum absolute atomic E-state index is 6.80. The summed E-state index contributed by atoms with van der Waals surface area (Å²) in [5.74, 6) is 0. The molecule has 0 bridgehead atoms. The van der Waals surface area contributed by atoms with E-state index in [0.29, 0.717) is 0 Å². The van der Waals surface area contributed by atoms with Crippen LogP contribution in [-0.2, 0) is 0 Å². The lowest BCUT2D eigenvalue weighted by Crippen LogP contribution is -2.39. The van der Waals surface area contributed by atoms with Crippen LogP contribution in [0.2, 0.25) is 0 Å². The summed E-state index contributed by atoms with van der Waals surface area (Å²) in [5.41, 5.74) is 13.6. The SMILES string of the molecule is C/C=C\c1cc2c(cc1C)oc1cc(-c3ccc(-c4ccccc4)c4ccccc34)cc(C3C=C(c4ccccc4)NC(c4ccccc4)N3)c12. The fourth-order valence-electron chi connectivity index (χ4n) is 7.72. The lowest BCUT2D eigenvalue weighted by atomic mass is 9.88. The van der Waals surface area contributed by atoms with Crippen LogP contribution in [0.15, 0.2) is 168 Å². The summed E-state index contributed by atoms with van der Waals surface area (Å²) in [7, 11) is 0. The van der Waals surface area contributed by atoms with Crippen molar-refractivity contribution < 1.29 is 4.42 Å². The zero-order valence-corrected chi connectivity index (χ0v) is 28.7. The fourth-order valence-corrected chi connectivity index (χ4v) is 7.72. The maximum atomic E-state index is 6.80. The molecule has 8 aromatic rings. The Labute approximate surface area is 298 Å². The molecule has 0 spiro atoms. The van der Waals surface area contributed by atoms with E-state index in [-0.39, 0.29) is 12.2 Å². The molecule has 1 aliphatic rings. The second-order valence-electron chi connectivity index (χ2n) is 13.4. The normalized spacial score (nSPS) is 16.2. The quantitative estimate of drug-likeness (QED) is 0.187. The van der Waals surface area contributed by atoms with E-state index >= 15 is 0 Å². The van der Waals surface area contributed by atoms with Gasteiger partial charge in [0.25, 0.3) is 0 Å². The molecular formula is C48H38N2O.